The monoisotopic (exact) mass is 535 g/mol. The lowest BCUT2D eigenvalue weighted by molar-refractivity contribution is 0.233. The van der Waals surface area contributed by atoms with Crippen molar-refractivity contribution < 1.29 is 14.2 Å². The summed E-state index contributed by atoms with van der Waals surface area (Å²) in [6.07, 6.45) is 2.31. The average molecular weight is 536 g/mol. The van der Waals surface area contributed by atoms with Crippen molar-refractivity contribution in [3.8, 4) is 17.3 Å². The van der Waals surface area contributed by atoms with Gasteiger partial charge in [0.2, 0.25) is 5.88 Å². The number of imidazole rings is 1. The highest BCUT2D eigenvalue weighted by atomic mass is 19.1. The normalized spacial score (nSPS) is 18.7. The number of alkyl halides is 1. The van der Waals surface area contributed by atoms with Gasteiger partial charge in [-0.05, 0) is 58.2 Å². The lowest BCUT2D eigenvalue weighted by Crippen LogP contribution is -2.41. The quantitative estimate of drug-likeness (QED) is 0.331. The van der Waals surface area contributed by atoms with Crippen LogP contribution in [-0.2, 0) is 13.1 Å². The van der Waals surface area contributed by atoms with Crippen LogP contribution in [0.3, 0.4) is 0 Å². The largest absolute Gasteiger partial charge is 0.477 e. The number of benzene rings is 1. The molecule has 2 atom stereocenters. The van der Waals surface area contributed by atoms with Crippen molar-refractivity contribution in [2.45, 2.75) is 65.3 Å². The van der Waals surface area contributed by atoms with E-state index in [1.807, 2.05) is 45.0 Å². The zero-order valence-electron chi connectivity index (χ0n) is 22.7. The standard InChI is InChI=1S/C29H34FN5O4/c1-18(2)35-25-23(27(37)33(28(35)38)13-6-14-36)34(16-20-10-8-19(3)9-11-20)24(32-25)22-7-5-12-31-26(22)39-17-21-15-29(21,4)30/h5,7-12,18,21,36H,6,13-17H2,1-4H3/t21-,29?/m1/s1. The molecule has 1 unspecified atom stereocenters. The minimum Gasteiger partial charge on any atom is -0.477 e. The van der Waals surface area contributed by atoms with E-state index in [1.165, 1.54) is 9.13 Å². The summed E-state index contributed by atoms with van der Waals surface area (Å²) in [4.78, 5) is 36.5. The average Bonchev–Trinajstić information content (AvgIpc) is 3.35. The van der Waals surface area contributed by atoms with E-state index in [0.29, 0.717) is 30.2 Å². The van der Waals surface area contributed by atoms with Gasteiger partial charge in [0, 0.05) is 37.9 Å². The third kappa shape index (κ3) is 5.13. The molecule has 1 fully saturated rings. The maximum absolute atomic E-state index is 14.2. The fourth-order valence-electron chi connectivity index (χ4n) is 4.89. The second-order valence-electron chi connectivity index (χ2n) is 10.8. The Labute approximate surface area is 225 Å². The van der Waals surface area contributed by atoms with Crippen molar-refractivity contribution in [1.29, 1.82) is 0 Å². The molecular weight excluding hydrogens is 501 g/mol. The van der Waals surface area contributed by atoms with E-state index in [2.05, 4.69) is 4.98 Å². The summed E-state index contributed by atoms with van der Waals surface area (Å²) in [6.45, 7) is 7.74. The van der Waals surface area contributed by atoms with Crippen LogP contribution in [0.15, 0.2) is 52.2 Å². The van der Waals surface area contributed by atoms with E-state index >= 15 is 0 Å². The van der Waals surface area contributed by atoms with Crippen molar-refractivity contribution >= 4 is 11.2 Å². The highest BCUT2D eigenvalue weighted by Crippen LogP contribution is 2.47. The summed E-state index contributed by atoms with van der Waals surface area (Å²) in [7, 11) is 0. The number of aryl methyl sites for hydroxylation is 1. The van der Waals surface area contributed by atoms with Gasteiger partial charge in [-0.25, -0.2) is 19.2 Å². The first-order chi connectivity index (χ1) is 18.6. The van der Waals surface area contributed by atoms with Crippen LogP contribution in [-0.4, -0.2) is 47.7 Å². The second kappa shape index (κ2) is 10.4. The van der Waals surface area contributed by atoms with Crippen LogP contribution >= 0.6 is 0 Å². The molecule has 0 radical (unpaired) electrons. The van der Waals surface area contributed by atoms with Gasteiger partial charge in [-0.2, -0.15) is 0 Å². The van der Waals surface area contributed by atoms with E-state index in [4.69, 9.17) is 9.72 Å². The molecule has 1 saturated carbocycles. The van der Waals surface area contributed by atoms with Gasteiger partial charge in [0.25, 0.3) is 5.56 Å². The Kier molecular flexibility index (Phi) is 7.15. The molecule has 0 saturated heterocycles. The van der Waals surface area contributed by atoms with Crippen LogP contribution in [0.2, 0.25) is 0 Å². The molecule has 5 rings (SSSR count). The van der Waals surface area contributed by atoms with Gasteiger partial charge in [0.15, 0.2) is 11.2 Å². The summed E-state index contributed by atoms with van der Waals surface area (Å²) in [6, 6.07) is 11.3. The lowest BCUT2D eigenvalue weighted by atomic mass is 10.1. The van der Waals surface area contributed by atoms with Gasteiger partial charge in [0.1, 0.15) is 11.5 Å². The number of nitrogens with zero attached hydrogens (tertiary/aromatic N) is 5. The number of aromatic nitrogens is 5. The Morgan fingerprint density at radius 1 is 1.18 bits per heavy atom. The predicted molar refractivity (Wildman–Crippen MR) is 147 cm³/mol. The molecule has 10 heteroatoms. The third-order valence-corrected chi connectivity index (χ3v) is 7.35. The molecule has 0 bridgehead atoms. The van der Waals surface area contributed by atoms with Crippen molar-refractivity contribution in [3.63, 3.8) is 0 Å². The molecule has 3 aromatic heterocycles. The summed E-state index contributed by atoms with van der Waals surface area (Å²) in [5.74, 6) is 0.515. The Hall–Kier alpha value is -3.79. The molecular formula is C29H34FN5O4. The van der Waals surface area contributed by atoms with Gasteiger partial charge in [0.05, 0.1) is 12.2 Å². The molecule has 3 heterocycles. The SMILES string of the molecule is Cc1ccc(Cn2c(-c3cccnc3OC[C@H]3CC3(C)F)nc3c2c(=O)n(CCCO)c(=O)n3C(C)C)cc1. The fourth-order valence-corrected chi connectivity index (χ4v) is 4.89. The molecule has 0 amide bonds. The first-order valence-corrected chi connectivity index (χ1v) is 13.3. The van der Waals surface area contributed by atoms with Crippen LogP contribution in [0, 0.1) is 12.8 Å². The smallest absolute Gasteiger partial charge is 0.332 e. The molecule has 0 aliphatic heterocycles. The van der Waals surface area contributed by atoms with E-state index in [0.717, 1.165) is 11.1 Å². The maximum Gasteiger partial charge on any atom is 0.332 e. The Morgan fingerprint density at radius 2 is 1.90 bits per heavy atom. The highest BCUT2D eigenvalue weighted by Gasteiger charge is 2.51. The van der Waals surface area contributed by atoms with Crippen LogP contribution in [0.5, 0.6) is 5.88 Å². The number of hydrogen-bond acceptors (Lipinski definition) is 6. The van der Waals surface area contributed by atoms with Gasteiger partial charge in [-0.3, -0.25) is 13.9 Å². The van der Waals surface area contributed by atoms with Gasteiger partial charge in [-0.1, -0.05) is 29.8 Å². The van der Waals surface area contributed by atoms with Gasteiger partial charge in [-0.15, -0.1) is 0 Å². The number of halogens is 1. The third-order valence-electron chi connectivity index (χ3n) is 7.35. The Balaban J connectivity index is 1.74. The fraction of sp³-hybridized carbons (Fsp3) is 0.448. The molecule has 9 nitrogen and oxygen atoms in total. The lowest BCUT2D eigenvalue weighted by Gasteiger charge is -2.15. The van der Waals surface area contributed by atoms with E-state index in [9.17, 15) is 19.1 Å². The topological polar surface area (TPSA) is 104 Å². The minimum atomic E-state index is -1.24. The van der Waals surface area contributed by atoms with Crippen molar-refractivity contribution in [1.82, 2.24) is 23.7 Å². The molecule has 39 heavy (non-hydrogen) atoms. The minimum absolute atomic E-state index is 0.0898. The Bertz CT molecular complexity index is 1620. The first-order valence-electron chi connectivity index (χ1n) is 13.3. The summed E-state index contributed by atoms with van der Waals surface area (Å²) in [5, 5.41) is 9.40. The van der Waals surface area contributed by atoms with E-state index in [1.54, 1.807) is 29.8 Å². The predicted octanol–water partition coefficient (Wildman–Crippen LogP) is 3.87. The molecule has 1 N–H and O–H groups in total. The molecule has 4 aromatic rings. The number of aliphatic hydroxyl groups is 1. The number of fused-ring (bicyclic) bond motifs is 1. The van der Waals surface area contributed by atoms with E-state index < -0.39 is 16.9 Å². The van der Waals surface area contributed by atoms with Gasteiger partial charge >= 0.3 is 5.69 Å². The number of ether oxygens (including phenoxy) is 1. The number of pyridine rings is 1. The molecule has 1 aliphatic rings. The van der Waals surface area contributed by atoms with Crippen LogP contribution in [0.25, 0.3) is 22.6 Å². The number of rotatable bonds is 10. The first kappa shape index (κ1) is 26.8. The van der Waals surface area contributed by atoms with Crippen molar-refractivity contribution in [2.75, 3.05) is 13.2 Å². The number of hydrogen-bond donors (Lipinski definition) is 1. The zero-order chi connectivity index (χ0) is 27.9. The molecule has 0 spiro atoms. The number of aliphatic hydroxyl groups excluding tert-OH is 1. The maximum atomic E-state index is 14.2. The molecule has 206 valence electrons. The zero-order valence-corrected chi connectivity index (χ0v) is 22.7. The molecule has 1 aliphatic carbocycles. The summed E-state index contributed by atoms with van der Waals surface area (Å²) < 4.78 is 24.7. The molecule has 1 aromatic carbocycles. The summed E-state index contributed by atoms with van der Waals surface area (Å²) >= 11 is 0. The van der Waals surface area contributed by atoms with Crippen LogP contribution < -0.4 is 16.0 Å². The van der Waals surface area contributed by atoms with Crippen molar-refractivity contribution in [3.05, 3.63) is 74.6 Å². The van der Waals surface area contributed by atoms with Crippen LogP contribution in [0.4, 0.5) is 4.39 Å². The summed E-state index contributed by atoms with van der Waals surface area (Å²) in [5.41, 5.74) is 0.983. The van der Waals surface area contributed by atoms with Crippen LogP contribution in [0.1, 0.15) is 50.8 Å². The second-order valence-corrected chi connectivity index (χ2v) is 10.8. The van der Waals surface area contributed by atoms with E-state index in [-0.39, 0.29) is 49.3 Å². The Morgan fingerprint density at radius 3 is 2.54 bits per heavy atom. The highest BCUT2D eigenvalue weighted by molar-refractivity contribution is 5.78. The van der Waals surface area contributed by atoms with Gasteiger partial charge < -0.3 is 14.4 Å². The van der Waals surface area contributed by atoms with Crippen molar-refractivity contribution in [2.24, 2.45) is 5.92 Å².